The van der Waals surface area contributed by atoms with Crippen molar-refractivity contribution in [1.82, 2.24) is 0 Å². The van der Waals surface area contributed by atoms with Crippen LogP contribution in [0.1, 0.15) is 11.7 Å². The Bertz CT molecular complexity index is 371. The first-order chi connectivity index (χ1) is 7.44. The van der Waals surface area contributed by atoms with Crippen LogP contribution in [0.25, 0.3) is 0 Å². The molecule has 0 bridgehead atoms. The first-order valence-electron chi connectivity index (χ1n) is 4.40. The number of alkyl halides is 3. The van der Waals surface area contributed by atoms with Gasteiger partial charge in [0.15, 0.2) is 11.9 Å². The molecule has 0 aliphatic heterocycles. The van der Waals surface area contributed by atoms with E-state index in [1.54, 1.807) is 6.07 Å². The molecule has 1 rings (SSSR count). The standard InChI is InChI=1S/C11H9F3O2/c1-2-9(15)10(16-11(12,13)14)8-6-4-3-5-7-8/h2-7,10H,1H2. The second kappa shape index (κ2) is 4.94. The third-order valence-corrected chi connectivity index (χ3v) is 1.81. The molecule has 1 aromatic rings. The van der Waals surface area contributed by atoms with Crippen LogP contribution in [0.15, 0.2) is 43.0 Å². The molecule has 86 valence electrons. The van der Waals surface area contributed by atoms with Crippen molar-refractivity contribution in [3.8, 4) is 0 Å². The Hall–Kier alpha value is -1.62. The zero-order chi connectivity index (χ0) is 12.2. The van der Waals surface area contributed by atoms with Crippen LogP contribution >= 0.6 is 0 Å². The van der Waals surface area contributed by atoms with Crippen LogP contribution in [-0.4, -0.2) is 12.1 Å². The van der Waals surface area contributed by atoms with Gasteiger partial charge < -0.3 is 0 Å². The minimum absolute atomic E-state index is 0.143. The molecule has 0 spiro atoms. The van der Waals surface area contributed by atoms with Crippen LogP contribution < -0.4 is 0 Å². The van der Waals surface area contributed by atoms with Crippen LogP contribution in [0, 0.1) is 0 Å². The van der Waals surface area contributed by atoms with Crippen molar-refractivity contribution in [1.29, 1.82) is 0 Å². The smallest absolute Gasteiger partial charge is 0.292 e. The molecule has 2 nitrogen and oxygen atoms in total. The zero-order valence-corrected chi connectivity index (χ0v) is 8.20. The van der Waals surface area contributed by atoms with Gasteiger partial charge in [-0.15, -0.1) is 13.2 Å². The Labute approximate surface area is 90.3 Å². The topological polar surface area (TPSA) is 26.3 Å². The minimum atomic E-state index is -4.86. The van der Waals surface area contributed by atoms with E-state index in [0.29, 0.717) is 0 Å². The van der Waals surface area contributed by atoms with E-state index in [4.69, 9.17) is 0 Å². The van der Waals surface area contributed by atoms with Crippen molar-refractivity contribution in [3.05, 3.63) is 48.6 Å². The SMILES string of the molecule is C=CC(=O)C(OC(F)(F)F)c1ccccc1. The highest BCUT2D eigenvalue weighted by Crippen LogP contribution is 2.28. The van der Waals surface area contributed by atoms with Gasteiger partial charge in [0.2, 0.25) is 0 Å². The molecular formula is C11H9F3O2. The summed E-state index contributed by atoms with van der Waals surface area (Å²) in [7, 11) is 0. The van der Waals surface area contributed by atoms with E-state index >= 15 is 0 Å². The van der Waals surface area contributed by atoms with Crippen molar-refractivity contribution in [2.24, 2.45) is 0 Å². The molecule has 5 heteroatoms. The quantitative estimate of drug-likeness (QED) is 0.743. The van der Waals surface area contributed by atoms with Crippen molar-refractivity contribution in [2.45, 2.75) is 12.5 Å². The largest absolute Gasteiger partial charge is 0.523 e. The maximum Gasteiger partial charge on any atom is 0.523 e. The molecule has 1 aromatic carbocycles. The van der Waals surface area contributed by atoms with Gasteiger partial charge >= 0.3 is 6.36 Å². The molecule has 0 aromatic heterocycles. The Morgan fingerprint density at radius 1 is 1.31 bits per heavy atom. The Kier molecular flexibility index (Phi) is 3.84. The van der Waals surface area contributed by atoms with E-state index in [2.05, 4.69) is 11.3 Å². The molecule has 0 heterocycles. The first-order valence-corrected chi connectivity index (χ1v) is 4.40. The van der Waals surface area contributed by atoms with E-state index in [0.717, 1.165) is 6.08 Å². The number of ether oxygens (including phenoxy) is 1. The lowest BCUT2D eigenvalue weighted by Gasteiger charge is -2.17. The zero-order valence-electron chi connectivity index (χ0n) is 8.20. The molecule has 1 unspecified atom stereocenters. The van der Waals surface area contributed by atoms with Crippen LogP contribution in [0.4, 0.5) is 13.2 Å². The summed E-state index contributed by atoms with van der Waals surface area (Å²) in [6.07, 6.45) is -5.73. The van der Waals surface area contributed by atoms with E-state index < -0.39 is 18.2 Å². The summed E-state index contributed by atoms with van der Waals surface area (Å²) in [6, 6.07) is 7.46. The number of halogens is 3. The maximum absolute atomic E-state index is 12.1. The predicted octanol–water partition coefficient (Wildman–Crippen LogP) is 3.02. The molecule has 0 amide bonds. The van der Waals surface area contributed by atoms with Crippen LogP contribution in [-0.2, 0) is 9.53 Å². The van der Waals surface area contributed by atoms with E-state index in [-0.39, 0.29) is 5.56 Å². The number of benzene rings is 1. The molecule has 0 saturated heterocycles. The lowest BCUT2D eigenvalue weighted by molar-refractivity contribution is -0.338. The van der Waals surface area contributed by atoms with Crippen molar-refractivity contribution in [3.63, 3.8) is 0 Å². The second-order valence-corrected chi connectivity index (χ2v) is 2.96. The monoisotopic (exact) mass is 230 g/mol. The van der Waals surface area contributed by atoms with Gasteiger partial charge in [-0.25, -0.2) is 0 Å². The van der Waals surface area contributed by atoms with Crippen LogP contribution in [0.5, 0.6) is 0 Å². The lowest BCUT2D eigenvalue weighted by atomic mass is 10.1. The molecule has 16 heavy (non-hydrogen) atoms. The number of carbonyl (C=O) groups excluding carboxylic acids is 1. The van der Waals surface area contributed by atoms with Gasteiger partial charge in [0, 0.05) is 0 Å². The molecule has 0 aliphatic rings. The van der Waals surface area contributed by atoms with Gasteiger partial charge in [-0.05, 0) is 11.6 Å². The summed E-state index contributed by atoms with van der Waals surface area (Å²) < 4.78 is 40.0. The van der Waals surface area contributed by atoms with Crippen molar-refractivity contribution in [2.75, 3.05) is 0 Å². The predicted molar refractivity (Wildman–Crippen MR) is 51.5 cm³/mol. The van der Waals surface area contributed by atoms with E-state index in [1.807, 2.05) is 0 Å². The molecule has 0 fully saturated rings. The first kappa shape index (κ1) is 12.4. The summed E-state index contributed by atoms with van der Waals surface area (Å²) in [5.41, 5.74) is 0.143. The van der Waals surface area contributed by atoms with Crippen LogP contribution in [0.3, 0.4) is 0 Å². The number of hydrogen-bond acceptors (Lipinski definition) is 2. The fourth-order valence-electron chi connectivity index (χ4n) is 1.16. The average Bonchev–Trinajstić information content (AvgIpc) is 2.25. The van der Waals surface area contributed by atoms with Crippen LogP contribution in [0.2, 0.25) is 0 Å². The normalized spacial score (nSPS) is 13.2. The number of ketones is 1. The summed E-state index contributed by atoms with van der Waals surface area (Å²) in [5, 5.41) is 0. The highest BCUT2D eigenvalue weighted by atomic mass is 19.4. The number of carbonyl (C=O) groups is 1. The fourth-order valence-corrected chi connectivity index (χ4v) is 1.16. The highest BCUT2D eigenvalue weighted by Gasteiger charge is 2.36. The highest BCUT2D eigenvalue weighted by molar-refractivity contribution is 5.93. The lowest BCUT2D eigenvalue weighted by Crippen LogP contribution is -2.23. The van der Waals surface area contributed by atoms with Gasteiger partial charge in [-0.2, -0.15) is 0 Å². The van der Waals surface area contributed by atoms with Gasteiger partial charge in [-0.3, -0.25) is 9.53 Å². The van der Waals surface area contributed by atoms with E-state index in [1.165, 1.54) is 24.3 Å². The Balaban J connectivity index is 2.97. The summed E-state index contributed by atoms with van der Waals surface area (Å²) in [5.74, 6) is -0.830. The molecule has 1 atom stereocenters. The minimum Gasteiger partial charge on any atom is -0.292 e. The molecule has 0 radical (unpaired) electrons. The van der Waals surface area contributed by atoms with Gasteiger partial charge in [0.1, 0.15) is 0 Å². The summed E-state index contributed by atoms with van der Waals surface area (Å²) >= 11 is 0. The Morgan fingerprint density at radius 2 is 1.88 bits per heavy atom. The van der Waals surface area contributed by atoms with Gasteiger partial charge in [0.05, 0.1) is 0 Å². The molecule has 0 N–H and O–H groups in total. The fraction of sp³-hybridized carbons (Fsp3) is 0.182. The maximum atomic E-state index is 12.1. The average molecular weight is 230 g/mol. The third-order valence-electron chi connectivity index (χ3n) is 1.81. The van der Waals surface area contributed by atoms with Gasteiger partial charge in [0.25, 0.3) is 0 Å². The molecule has 0 aliphatic carbocycles. The second-order valence-electron chi connectivity index (χ2n) is 2.96. The van der Waals surface area contributed by atoms with Crippen molar-refractivity contribution >= 4 is 5.78 Å². The van der Waals surface area contributed by atoms with E-state index in [9.17, 15) is 18.0 Å². The number of rotatable bonds is 4. The third kappa shape index (κ3) is 3.51. The number of hydrogen-bond donors (Lipinski definition) is 0. The van der Waals surface area contributed by atoms with Gasteiger partial charge in [-0.1, -0.05) is 36.9 Å². The summed E-state index contributed by atoms with van der Waals surface area (Å²) in [6.45, 7) is 3.14. The molecular weight excluding hydrogens is 221 g/mol. The summed E-state index contributed by atoms with van der Waals surface area (Å²) in [4.78, 5) is 11.2. The Morgan fingerprint density at radius 3 is 2.31 bits per heavy atom. The van der Waals surface area contributed by atoms with Crippen molar-refractivity contribution < 1.29 is 22.7 Å². The molecule has 0 saturated carbocycles.